The number of anilines is 5. The lowest BCUT2D eigenvalue weighted by Gasteiger charge is -2.23. The Hall–Kier alpha value is -5.07. The summed E-state index contributed by atoms with van der Waals surface area (Å²) in [6, 6.07) is 24.6. The highest BCUT2D eigenvalue weighted by atomic mass is 32.2. The lowest BCUT2D eigenvalue weighted by atomic mass is 10.1. The highest BCUT2D eigenvalue weighted by Gasteiger charge is 2.24. The highest BCUT2D eigenvalue weighted by Crippen LogP contribution is 2.36. The maximum atomic E-state index is 14.0. The number of nitrogens with one attached hydrogen (secondary N) is 2. The molecule has 1 aromatic heterocycles. The first-order chi connectivity index (χ1) is 20.3. The number of rotatable bonds is 10. The molecule has 5 aromatic rings. The summed E-state index contributed by atoms with van der Waals surface area (Å²) in [5.41, 5.74) is 2.42. The number of methoxy groups -OCH3 is 2. The fourth-order valence-corrected chi connectivity index (χ4v) is 4.82. The third-order valence-electron chi connectivity index (χ3n) is 6.19. The van der Waals surface area contributed by atoms with E-state index in [0.717, 1.165) is 4.31 Å². The molecule has 0 bridgehead atoms. The smallest absolute Gasteiger partial charge is 0.268 e. The summed E-state index contributed by atoms with van der Waals surface area (Å²) in [7, 11) is 3.05. The number of aromatic nitrogens is 2. The summed E-state index contributed by atoms with van der Waals surface area (Å²) < 4.78 is 49.2. The van der Waals surface area contributed by atoms with Crippen LogP contribution >= 0.6 is 0 Å². The number of carbonyl (C=O) groups is 1. The molecule has 5 rings (SSSR count). The van der Waals surface area contributed by atoms with Crippen LogP contribution in [0, 0.1) is 5.82 Å². The van der Waals surface area contributed by atoms with Crippen LogP contribution in [0.15, 0.2) is 91.0 Å². The molecule has 1 amide bonds. The SMILES string of the molecule is COc1cc(Nc2nc3ccccc3nc2N(c2cccc(NC(=O)Cc3ccccc3F)c2)S(=O)O)cc(OC)c1. The van der Waals surface area contributed by atoms with E-state index in [4.69, 9.17) is 9.47 Å². The van der Waals surface area contributed by atoms with Gasteiger partial charge in [0.05, 0.1) is 37.4 Å². The average molecular weight is 588 g/mol. The summed E-state index contributed by atoms with van der Waals surface area (Å²) in [4.78, 5) is 22.0. The molecule has 0 saturated heterocycles. The van der Waals surface area contributed by atoms with Crippen LogP contribution in [-0.2, 0) is 22.5 Å². The Balaban J connectivity index is 1.53. The van der Waals surface area contributed by atoms with Crippen molar-refractivity contribution in [2.75, 3.05) is 29.2 Å². The van der Waals surface area contributed by atoms with Crippen molar-refractivity contribution >= 4 is 56.9 Å². The maximum absolute atomic E-state index is 14.0. The van der Waals surface area contributed by atoms with Crippen molar-refractivity contribution in [1.82, 2.24) is 9.97 Å². The number of halogens is 1. The second kappa shape index (κ2) is 12.6. The zero-order valence-corrected chi connectivity index (χ0v) is 23.4. The van der Waals surface area contributed by atoms with Gasteiger partial charge in [-0.2, -0.15) is 0 Å². The number of nitrogens with zero attached hydrogens (tertiary/aromatic N) is 3. The topological polar surface area (TPSA) is 126 Å². The quantitative estimate of drug-likeness (QED) is 0.170. The van der Waals surface area contributed by atoms with Crippen LogP contribution in [0.1, 0.15) is 5.56 Å². The molecule has 0 saturated carbocycles. The van der Waals surface area contributed by atoms with Gasteiger partial charge in [0.15, 0.2) is 11.6 Å². The van der Waals surface area contributed by atoms with Crippen molar-refractivity contribution in [1.29, 1.82) is 0 Å². The molecule has 1 atom stereocenters. The van der Waals surface area contributed by atoms with E-state index in [1.54, 1.807) is 66.7 Å². The average Bonchev–Trinajstić information content (AvgIpc) is 2.98. The molecule has 0 fully saturated rings. The predicted molar refractivity (Wildman–Crippen MR) is 160 cm³/mol. The molecule has 42 heavy (non-hydrogen) atoms. The molecule has 214 valence electrons. The number of amides is 1. The molecule has 0 radical (unpaired) electrons. The molecule has 4 aromatic carbocycles. The van der Waals surface area contributed by atoms with Gasteiger partial charge < -0.3 is 20.1 Å². The third kappa shape index (κ3) is 6.45. The predicted octanol–water partition coefficient (Wildman–Crippen LogP) is 5.99. The van der Waals surface area contributed by atoms with Gasteiger partial charge in [0.1, 0.15) is 17.3 Å². The Morgan fingerprint density at radius 2 is 1.55 bits per heavy atom. The van der Waals surface area contributed by atoms with Crippen LogP contribution in [0.25, 0.3) is 11.0 Å². The van der Waals surface area contributed by atoms with E-state index in [9.17, 15) is 17.9 Å². The summed E-state index contributed by atoms with van der Waals surface area (Å²) in [5, 5.41) is 5.89. The Bertz CT molecular complexity index is 1760. The molecule has 0 aliphatic heterocycles. The molecule has 10 nitrogen and oxygen atoms in total. The number of carbonyl (C=O) groups excluding carboxylic acids is 1. The fourth-order valence-electron chi connectivity index (χ4n) is 4.25. The van der Waals surface area contributed by atoms with Crippen LogP contribution in [0.5, 0.6) is 11.5 Å². The summed E-state index contributed by atoms with van der Waals surface area (Å²) in [5.74, 6) is 0.342. The molecular formula is C30H26FN5O5S. The van der Waals surface area contributed by atoms with Crippen LogP contribution in [0.2, 0.25) is 0 Å². The van der Waals surface area contributed by atoms with E-state index >= 15 is 0 Å². The van der Waals surface area contributed by atoms with Crippen molar-refractivity contribution in [3.05, 3.63) is 102 Å². The zero-order valence-electron chi connectivity index (χ0n) is 22.6. The number of ether oxygens (including phenoxy) is 2. The first-order valence-electron chi connectivity index (χ1n) is 12.7. The van der Waals surface area contributed by atoms with Crippen molar-refractivity contribution in [2.45, 2.75) is 6.42 Å². The summed E-state index contributed by atoms with van der Waals surface area (Å²) >= 11 is -2.60. The van der Waals surface area contributed by atoms with Gasteiger partial charge in [-0.15, -0.1) is 0 Å². The number of hydrogen-bond acceptors (Lipinski definition) is 7. The summed E-state index contributed by atoms with van der Waals surface area (Å²) in [6.07, 6.45) is -0.180. The van der Waals surface area contributed by atoms with Crippen molar-refractivity contribution in [2.24, 2.45) is 0 Å². The van der Waals surface area contributed by atoms with Crippen LogP contribution in [0.3, 0.4) is 0 Å². The molecule has 1 unspecified atom stereocenters. The van der Waals surface area contributed by atoms with Gasteiger partial charge in [0, 0.05) is 29.6 Å². The number of para-hydroxylation sites is 2. The monoisotopic (exact) mass is 587 g/mol. The van der Waals surface area contributed by atoms with E-state index in [1.807, 2.05) is 6.07 Å². The minimum Gasteiger partial charge on any atom is -0.497 e. The standard InChI is InChI=1S/C30H26FN5O5S/c1-40-23-16-21(17-24(18-23)41-2)33-29-30(35-27-13-6-5-12-26(27)34-29)36(42(38)39)22-10-7-9-20(15-22)32-28(37)14-19-8-3-4-11-25(19)31/h3-13,15-18H,14H2,1-2H3,(H,32,37)(H,33,34)(H,38,39). The Kier molecular flexibility index (Phi) is 8.55. The molecule has 0 aliphatic carbocycles. The number of benzene rings is 4. The molecule has 12 heteroatoms. The molecule has 3 N–H and O–H groups in total. The molecule has 0 spiro atoms. The highest BCUT2D eigenvalue weighted by molar-refractivity contribution is 7.81. The zero-order chi connectivity index (χ0) is 29.6. The van der Waals surface area contributed by atoms with Gasteiger partial charge in [-0.1, -0.05) is 36.4 Å². The Labute approximate surface area is 243 Å². The van der Waals surface area contributed by atoms with Crippen LogP contribution in [-0.4, -0.2) is 38.9 Å². The van der Waals surface area contributed by atoms with E-state index in [2.05, 4.69) is 20.6 Å². The normalized spacial score (nSPS) is 11.5. The molecule has 0 aliphatic rings. The third-order valence-corrected chi connectivity index (χ3v) is 6.88. The fraction of sp³-hybridized carbons (Fsp3) is 0.100. The molecule has 1 heterocycles. The van der Waals surface area contributed by atoms with E-state index in [1.165, 1.54) is 32.4 Å². The van der Waals surface area contributed by atoms with Gasteiger partial charge in [-0.25, -0.2) is 22.9 Å². The molecular weight excluding hydrogens is 561 g/mol. The lowest BCUT2D eigenvalue weighted by molar-refractivity contribution is -0.115. The van der Waals surface area contributed by atoms with Gasteiger partial charge in [0.2, 0.25) is 5.91 Å². The van der Waals surface area contributed by atoms with E-state index < -0.39 is 23.0 Å². The van der Waals surface area contributed by atoms with Gasteiger partial charge >= 0.3 is 0 Å². The van der Waals surface area contributed by atoms with Crippen molar-refractivity contribution in [3.63, 3.8) is 0 Å². The second-order valence-corrected chi connectivity index (χ2v) is 9.83. The number of hydrogen-bond donors (Lipinski definition) is 3. The van der Waals surface area contributed by atoms with E-state index in [-0.39, 0.29) is 29.3 Å². The minimum absolute atomic E-state index is 0.0474. The first kappa shape index (κ1) is 28.5. The Morgan fingerprint density at radius 3 is 2.21 bits per heavy atom. The maximum Gasteiger partial charge on any atom is 0.268 e. The first-order valence-corrected chi connectivity index (χ1v) is 13.7. The van der Waals surface area contributed by atoms with Crippen LogP contribution < -0.4 is 24.4 Å². The largest absolute Gasteiger partial charge is 0.497 e. The summed E-state index contributed by atoms with van der Waals surface area (Å²) in [6.45, 7) is 0. The van der Waals surface area contributed by atoms with Crippen molar-refractivity contribution < 1.29 is 27.4 Å². The van der Waals surface area contributed by atoms with Gasteiger partial charge in [0.25, 0.3) is 11.3 Å². The minimum atomic E-state index is -2.60. The number of fused-ring (bicyclic) bond motifs is 1. The van der Waals surface area contributed by atoms with Gasteiger partial charge in [-0.05, 0) is 42.0 Å². The second-order valence-electron chi connectivity index (χ2n) is 9.00. The van der Waals surface area contributed by atoms with E-state index in [0.29, 0.717) is 33.9 Å². The van der Waals surface area contributed by atoms with Crippen molar-refractivity contribution in [3.8, 4) is 11.5 Å². The van der Waals surface area contributed by atoms with Crippen LogP contribution in [0.4, 0.5) is 33.1 Å². The Morgan fingerprint density at radius 1 is 0.881 bits per heavy atom. The van der Waals surface area contributed by atoms with Gasteiger partial charge in [-0.3, -0.25) is 9.35 Å². The lowest BCUT2D eigenvalue weighted by Crippen LogP contribution is -2.22.